The third kappa shape index (κ3) is 4.82. The first-order valence-electron chi connectivity index (χ1n) is 6.60. The Labute approximate surface area is 119 Å². The van der Waals surface area contributed by atoms with Crippen molar-refractivity contribution in [3.8, 4) is 0 Å². The monoisotopic (exact) mass is 269 g/mol. The number of ether oxygens (including phenoxy) is 1. The highest BCUT2D eigenvalue weighted by Crippen LogP contribution is 2.07. The molecule has 0 saturated carbocycles. The van der Waals surface area contributed by atoms with E-state index in [9.17, 15) is 0 Å². The summed E-state index contributed by atoms with van der Waals surface area (Å²) in [6, 6.07) is 14.0. The molecule has 4 heteroatoms. The van der Waals surface area contributed by atoms with Gasteiger partial charge in [-0.3, -0.25) is 9.98 Å². The van der Waals surface area contributed by atoms with E-state index in [2.05, 4.69) is 34.3 Å². The third-order valence-corrected chi connectivity index (χ3v) is 2.87. The van der Waals surface area contributed by atoms with Crippen molar-refractivity contribution in [1.82, 2.24) is 10.3 Å². The number of aromatic nitrogens is 1. The number of nitrogens with zero attached hydrogens (tertiary/aromatic N) is 2. The van der Waals surface area contributed by atoms with Gasteiger partial charge in [0.2, 0.25) is 0 Å². The van der Waals surface area contributed by atoms with Crippen molar-refractivity contribution in [2.45, 2.75) is 20.1 Å². The SMILES string of the molecule is Cc1ccccc1CN=CNCOCc1ccccn1. The predicted octanol–water partition coefficient (Wildman–Crippen LogP) is 2.68. The van der Waals surface area contributed by atoms with Crippen LogP contribution in [0.5, 0.6) is 0 Å². The molecule has 0 atom stereocenters. The quantitative estimate of drug-likeness (QED) is 0.364. The molecule has 2 aromatic rings. The van der Waals surface area contributed by atoms with E-state index in [1.807, 2.05) is 30.3 Å². The highest BCUT2D eigenvalue weighted by molar-refractivity contribution is 5.54. The smallest absolute Gasteiger partial charge is 0.117 e. The lowest BCUT2D eigenvalue weighted by molar-refractivity contribution is 0.114. The van der Waals surface area contributed by atoms with Crippen molar-refractivity contribution in [2.75, 3.05) is 6.73 Å². The first kappa shape index (κ1) is 14.2. The Balaban J connectivity index is 1.62. The van der Waals surface area contributed by atoms with Gasteiger partial charge in [-0.15, -0.1) is 0 Å². The van der Waals surface area contributed by atoms with Crippen LogP contribution < -0.4 is 5.32 Å². The fraction of sp³-hybridized carbons (Fsp3) is 0.250. The molecule has 0 fully saturated rings. The second-order valence-electron chi connectivity index (χ2n) is 4.41. The Morgan fingerprint density at radius 1 is 1.20 bits per heavy atom. The molecule has 4 nitrogen and oxygen atoms in total. The molecule has 1 aromatic carbocycles. The molecule has 1 aromatic heterocycles. The number of nitrogens with one attached hydrogen (secondary N) is 1. The van der Waals surface area contributed by atoms with Gasteiger partial charge in [-0.05, 0) is 30.2 Å². The summed E-state index contributed by atoms with van der Waals surface area (Å²) in [4.78, 5) is 8.49. The van der Waals surface area contributed by atoms with E-state index >= 15 is 0 Å². The predicted molar refractivity (Wildman–Crippen MR) is 80.4 cm³/mol. The summed E-state index contributed by atoms with van der Waals surface area (Å²) in [7, 11) is 0. The van der Waals surface area contributed by atoms with Crippen LogP contribution in [-0.2, 0) is 17.9 Å². The van der Waals surface area contributed by atoms with Crippen LogP contribution in [0.15, 0.2) is 53.7 Å². The normalized spacial score (nSPS) is 10.8. The van der Waals surface area contributed by atoms with Crippen LogP contribution in [-0.4, -0.2) is 18.1 Å². The van der Waals surface area contributed by atoms with E-state index in [1.54, 1.807) is 12.5 Å². The average molecular weight is 269 g/mol. The molecule has 1 N–H and O–H groups in total. The minimum Gasteiger partial charge on any atom is -0.355 e. The molecule has 0 amide bonds. The average Bonchev–Trinajstić information content (AvgIpc) is 2.49. The van der Waals surface area contributed by atoms with Crippen LogP contribution >= 0.6 is 0 Å². The van der Waals surface area contributed by atoms with Gasteiger partial charge in [0.05, 0.1) is 25.2 Å². The third-order valence-electron chi connectivity index (χ3n) is 2.87. The van der Waals surface area contributed by atoms with Gasteiger partial charge in [0.25, 0.3) is 0 Å². The number of hydrogen-bond acceptors (Lipinski definition) is 3. The van der Waals surface area contributed by atoms with E-state index < -0.39 is 0 Å². The van der Waals surface area contributed by atoms with Gasteiger partial charge in [-0.1, -0.05) is 30.3 Å². The Bertz CT molecular complexity index is 540. The zero-order valence-corrected chi connectivity index (χ0v) is 11.6. The number of hydrogen-bond donors (Lipinski definition) is 1. The maximum atomic E-state index is 5.43. The van der Waals surface area contributed by atoms with Crippen molar-refractivity contribution in [3.63, 3.8) is 0 Å². The zero-order chi connectivity index (χ0) is 14.0. The van der Waals surface area contributed by atoms with Crippen LogP contribution in [0.3, 0.4) is 0 Å². The second-order valence-corrected chi connectivity index (χ2v) is 4.41. The zero-order valence-electron chi connectivity index (χ0n) is 11.6. The van der Waals surface area contributed by atoms with Crippen LogP contribution in [0.4, 0.5) is 0 Å². The number of rotatable bonds is 7. The summed E-state index contributed by atoms with van der Waals surface area (Å²) < 4.78 is 5.43. The summed E-state index contributed by atoms with van der Waals surface area (Å²) in [5, 5.41) is 3.00. The maximum Gasteiger partial charge on any atom is 0.117 e. The molecule has 0 radical (unpaired) electrons. The second kappa shape index (κ2) is 8.07. The summed E-state index contributed by atoms with van der Waals surface area (Å²) >= 11 is 0. The van der Waals surface area contributed by atoms with E-state index in [1.165, 1.54) is 11.1 Å². The van der Waals surface area contributed by atoms with Crippen molar-refractivity contribution in [2.24, 2.45) is 4.99 Å². The Kier molecular flexibility index (Phi) is 5.73. The van der Waals surface area contributed by atoms with E-state index in [-0.39, 0.29) is 0 Å². The minimum absolute atomic E-state index is 0.424. The molecule has 2 rings (SSSR count). The first-order valence-corrected chi connectivity index (χ1v) is 6.60. The van der Waals surface area contributed by atoms with Crippen molar-refractivity contribution in [1.29, 1.82) is 0 Å². The van der Waals surface area contributed by atoms with Crippen LogP contribution in [0, 0.1) is 6.92 Å². The standard InChI is InChI=1S/C16H19N3O/c1-14-6-2-3-7-15(14)10-17-12-18-13-20-11-16-8-4-5-9-19-16/h2-9,12H,10-11,13H2,1H3,(H,17,18). The molecule has 0 aliphatic carbocycles. The lowest BCUT2D eigenvalue weighted by Gasteiger charge is -2.03. The molecule has 0 spiro atoms. The number of aliphatic imine (C=N–C) groups is 1. The highest BCUT2D eigenvalue weighted by atomic mass is 16.5. The van der Waals surface area contributed by atoms with Gasteiger partial charge in [0, 0.05) is 6.20 Å². The number of aryl methyl sites for hydroxylation is 1. The summed E-state index contributed by atoms with van der Waals surface area (Å²) in [6.07, 6.45) is 3.45. The van der Waals surface area contributed by atoms with Crippen molar-refractivity contribution in [3.05, 3.63) is 65.5 Å². The number of benzene rings is 1. The molecule has 20 heavy (non-hydrogen) atoms. The molecule has 0 aliphatic heterocycles. The van der Waals surface area contributed by atoms with Gasteiger partial charge < -0.3 is 10.1 Å². The fourth-order valence-electron chi connectivity index (χ4n) is 1.73. The van der Waals surface area contributed by atoms with Gasteiger partial charge in [0.15, 0.2) is 0 Å². The van der Waals surface area contributed by atoms with Gasteiger partial charge >= 0.3 is 0 Å². The molecular weight excluding hydrogens is 250 g/mol. The van der Waals surface area contributed by atoms with E-state index in [4.69, 9.17) is 4.74 Å². The summed E-state index contributed by atoms with van der Waals surface area (Å²) in [6.45, 7) is 3.70. The lowest BCUT2D eigenvalue weighted by atomic mass is 10.1. The molecule has 0 aliphatic rings. The Morgan fingerprint density at radius 2 is 2.05 bits per heavy atom. The van der Waals surface area contributed by atoms with Crippen LogP contribution in [0.25, 0.3) is 0 Å². The fourth-order valence-corrected chi connectivity index (χ4v) is 1.73. The first-order chi connectivity index (χ1) is 9.86. The Morgan fingerprint density at radius 3 is 2.85 bits per heavy atom. The van der Waals surface area contributed by atoms with E-state index in [0.717, 1.165) is 5.69 Å². The van der Waals surface area contributed by atoms with Gasteiger partial charge in [-0.25, -0.2) is 0 Å². The molecular formula is C16H19N3O. The van der Waals surface area contributed by atoms with E-state index in [0.29, 0.717) is 19.9 Å². The highest BCUT2D eigenvalue weighted by Gasteiger charge is 1.94. The summed E-state index contributed by atoms with van der Waals surface area (Å²) in [5.41, 5.74) is 3.42. The molecule has 0 bridgehead atoms. The Hall–Kier alpha value is -2.20. The number of pyridine rings is 1. The minimum atomic E-state index is 0.424. The molecule has 1 heterocycles. The van der Waals surface area contributed by atoms with Crippen molar-refractivity contribution < 1.29 is 4.74 Å². The van der Waals surface area contributed by atoms with Crippen LogP contribution in [0.1, 0.15) is 16.8 Å². The maximum absolute atomic E-state index is 5.43. The van der Waals surface area contributed by atoms with Gasteiger partial charge in [0.1, 0.15) is 6.73 Å². The topological polar surface area (TPSA) is 46.5 Å². The summed E-state index contributed by atoms with van der Waals surface area (Å²) in [5.74, 6) is 0. The lowest BCUT2D eigenvalue weighted by Crippen LogP contribution is -2.16. The van der Waals surface area contributed by atoms with Gasteiger partial charge in [-0.2, -0.15) is 0 Å². The van der Waals surface area contributed by atoms with Crippen LogP contribution in [0.2, 0.25) is 0 Å². The molecule has 104 valence electrons. The molecule has 0 saturated heterocycles. The van der Waals surface area contributed by atoms with Crippen molar-refractivity contribution >= 4 is 6.34 Å². The molecule has 0 unspecified atom stereocenters. The largest absolute Gasteiger partial charge is 0.355 e.